The van der Waals surface area contributed by atoms with E-state index < -0.39 is 7.82 Å². The maximum absolute atomic E-state index is 10.1. The summed E-state index contributed by atoms with van der Waals surface area (Å²) in [7, 11) is -4.31. The fraction of sp³-hybridized carbons (Fsp3) is 1.00. The molecule has 0 aromatic carbocycles. The molecule has 0 radical (unpaired) electrons. The van der Waals surface area contributed by atoms with Crippen molar-refractivity contribution in [1.82, 2.24) is 5.01 Å². The minimum atomic E-state index is -4.31. The summed E-state index contributed by atoms with van der Waals surface area (Å²) in [5.74, 6) is 5.30. The van der Waals surface area contributed by atoms with Gasteiger partial charge in [-0.3, -0.25) is 10.4 Å². The van der Waals surface area contributed by atoms with Crippen LogP contribution in [0.1, 0.15) is 6.92 Å². The smallest absolute Gasteiger partial charge is 0.303 e. The molecule has 7 heteroatoms. The summed E-state index contributed by atoms with van der Waals surface area (Å²) in [4.78, 5) is 16.5. The standard InChI is InChI=1S/C4H13N2O4P/c1-2-6(5)3-4-10-11(7,8)9/h2-5H2,1H3,(H2,7,8,9). The molecule has 11 heavy (non-hydrogen) atoms. The number of phosphoric acid groups is 1. The minimum Gasteiger partial charge on any atom is -0.303 e. The Morgan fingerprint density at radius 2 is 2.18 bits per heavy atom. The number of hydrogen-bond acceptors (Lipinski definition) is 4. The number of hydrazine groups is 1. The van der Waals surface area contributed by atoms with Gasteiger partial charge >= 0.3 is 7.82 Å². The Labute approximate surface area is 65.2 Å². The van der Waals surface area contributed by atoms with Crippen molar-refractivity contribution >= 4 is 7.82 Å². The average molecular weight is 184 g/mol. The molecule has 4 N–H and O–H groups in total. The molecule has 0 unspecified atom stereocenters. The lowest BCUT2D eigenvalue weighted by atomic mass is 10.6. The number of likely N-dealkylation sites (N-methyl/N-ethyl adjacent to an activating group) is 1. The van der Waals surface area contributed by atoms with Gasteiger partial charge in [-0.15, -0.1) is 0 Å². The summed E-state index contributed by atoms with van der Waals surface area (Å²) in [5, 5.41) is 1.40. The van der Waals surface area contributed by atoms with E-state index in [2.05, 4.69) is 4.52 Å². The molecule has 0 aromatic heterocycles. The topological polar surface area (TPSA) is 96.0 Å². The van der Waals surface area contributed by atoms with Gasteiger partial charge in [0.25, 0.3) is 0 Å². The van der Waals surface area contributed by atoms with Crippen LogP contribution in [-0.4, -0.2) is 34.5 Å². The number of nitrogens with two attached hydrogens (primary N) is 1. The van der Waals surface area contributed by atoms with Crippen LogP contribution in [0.4, 0.5) is 0 Å². The monoisotopic (exact) mass is 184 g/mol. The lowest BCUT2D eigenvalue weighted by molar-refractivity contribution is 0.165. The zero-order chi connectivity index (χ0) is 8.91. The average Bonchev–Trinajstić information content (AvgIpc) is 1.85. The summed E-state index contributed by atoms with van der Waals surface area (Å²) >= 11 is 0. The molecule has 0 amide bonds. The third-order valence-electron chi connectivity index (χ3n) is 1.04. The van der Waals surface area contributed by atoms with Crippen LogP contribution in [0, 0.1) is 0 Å². The fourth-order valence-electron chi connectivity index (χ4n) is 0.435. The van der Waals surface area contributed by atoms with Crippen molar-refractivity contribution in [3.8, 4) is 0 Å². The fourth-order valence-corrected chi connectivity index (χ4v) is 0.755. The van der Waals surface area contributed by atoms with E-state index in [4.69, 9.17) is 15.6 Å². The Hall–Kier alpha value is 0.0300. The predicted octanol–water partition coefficient (Wildman–Crippen LogP) is -0.709. The second-order valence-electron chi connectivity index (χ2n) is 1.95. The molecule has 6 nitrogen and oxygen atoms in total. The number of nitrogens with zero attached hydrogens (tertiary/aromatic N) is 1. The van der Waals surface area contributed by atoms with Gasteiger partial charge in [0.2, 0.25) is 0 Å². The van der Waals surface area contributed by atoms with E-state index in [1.165, 1.54) is 5.01 Å². The molecule has 68 valence electrons. The Morgan fingerprint density at radius 3 is 2.55 bits per heavy atom. The second-order valence-corrected chi connectivity index (χ2v) is 3.19. The molecule has 0 heterocycles. The van der Waals surface area contributed by atoms with Crippen molar-refractivity contribution in [1.29, 1.82) is 0 Å². The lowest BCUT2D eigenvalue weighted by Crippen LogP contribution is -2.33. The van der Waals surface area contributed by atoms with E-state index in [1.54, 1.807) is 0 Å². The zero-order valence-electron chi connectivity index (χ0n) is 6.30. The van der Waals surface area contributed by atoms with Crippen LogP contribution in [0.15, 0.2) is 0 Å². The van der Waals surface area contributed by atoms with Gasteiger partial charge in [-0.2, -0.15) is 0 Å². The van der Waals surface area contributed by atoms with Crippen LogP contribution in [0.5, 0.6) is 0 Å². The van der Waals surface area contributed by atoms with Crippen molar-refractivity contribution in [3.63, 3.8) is 0 Å². The Bertz CT molecular complexity index is 147. The molecule has 0 aromatic rings. The van der Waals surface area contributed by atoms with E-state index in [9.17, 15) is 4.57 Å². The molecule has 0 bridgehead atoms. The molecular formula is C4H13N2O4P. The van der Waals surface area contributed by atoms with Gasteiger partial charge in [0.05, 0.1) is 6.61 Å². The molecule has 0 aliphatic carbocycles. The van der Waals surface area contributed by atoms with Crippen LogP contribution in [0.25, 0.3) is 0 Å². The normalized spacial score (nSPS) is 12.5. The highest BCUT2D eigenvalue weighted by Crippen LogP contribution is 2.35. The third kappa shape index (κ3) is 7.93. The second kappa shape index (κ2) is 4.82. The van der Waals surface area contributed by atoms with E-state index in [-0.39, 0.29) is 6.61 Å². The highest BCUT2D eigenvalue weighted by molar-refractivity contribution is 7.46. The molecule has 0 saturated heterocycles. The van der Waals surface area contributed by atoms with Crippen molar-refractivity contribution in [2.24, 2.45) is 5.84 Å². The lowest BCUT2D eigenvalue weighted by Gasteiger charge is -2.13. The maximum Gasteiger partial charge on any atom is 0.469 e. The van der Waals surface area contributed by atoms with E-state index in [0.717, 1.165) is 0 Å². The van der Waals surface area contributed by atoms with Crippen molar-refractivity contribution < 1.29 is 18.9 Å². The van der Waals surface area contributed by atoms with Crippen molar-refractivity contribution in [2.75, 3.05) is 19.7 Å². The molecule has 0 spiro atoms. The van der Waals surface area contributed by atoms with E-state index in [1.807, 2.05) is 6.92 Å². The van der Waals surface area contributed by atoms with Gasteiger partial charge in [0.15, 0.2) is 0 Å². The number of hydrogen-bond donors (Lipinski definition) is 3. The first kappa shape index (κ1) is 11.0. The predicted molar refractivity (Wildman–Crippen MR) is 39.4 cm³/mol. The van der Waals surface area contributed by atoms with Gasteiger partial charge in [-0.1, -0.05) is 6.92 Å². The van der Waals surface area contributed by atoms with Gasteiger partial charge in [0.1, 0.15) is 0 Å². The van der Waals surface area contributed by atoms with Gasteiger partial charge in [-0.05, 0) is 0 Å². The molecule has 0 saturated carbocycles. The quantitative estimate of drug-likeness (QED) is 0.297. The Balaban J connectivity index is 3.35. The van der Waals surface area contributed by atoms with Crippen LogP contribution < -0.4 is 5.84 Å². The minimum absolute atomic E-state index is 0.0609. The van der Waals surface area contributed by atoms with Gasteiger partial charge in [-0.25, -0.2) is 9.57 Å². The Morgan fingerprint density at radius 1 is 1.64 bits per heavy atom. The third-order valence-corrected chi connectivity index (χ3v) is 1.56. The van der Waals surface area contributed by atoms with Crippen LogP contribution in [0.2, 0.25) is 0 Å². The molecule has 0 atom stereocenters. The molecule has 0 aliphatic heterocycles. The molecule has 0 aliphatic rings. The van der Waals surface area contributed by atoms with E-state index >= 15 is 0 Å². The summed E-state index contributed by atoms with van der Waals surface area (Å²) < 4.78 is 14.3. The maximum atomic E-state index is 10.1. The van der Waals surface area contributed by atoms with Crippen molar-refractivity contribution in [3.05, 3.63) is 0 Å². The molecular weight excluding hydrogens is 171 g/mol. The first-order chi connectivity index (χ1) is 4.95. The zero-order valence-corrected chi connectivity index (χ0v) is 7.20. The first-order valence-corrected chi connectivity index (χ1v) is 4.68. The summed E-state index contributed by atoms with van der Waals surface area (Å²) in [6.07, 6.45) is 0. The Kier molecular flexibility index (Phi) is 4.83. The van der Waals surface area contributed by atoms with Gasteiger partial charge in [0, 0.05) is 13.1 Å². The first-order valence-electron chi connectivity index (χ1n) is 3.15. The van der Waals surface area contributed by atoms with Crippen LogP contribution in [0.3, 0.4) is 0 Å². The summed E-state index contributed by atoms with van der Waals surface area (Å²) in [6, 6.07) is 0. The highest BCUT2D eigenvalue weighted by Gasteiger charge is 2.12. The van der Waals surface area contributed by atoms with Crippen LogP contribution >= 0.6 is 7.82 Å². The number of phosphoric ester groups is 1. The van der Waals surface area contributed by atoms with Crippen LogP contribution in [-0.2, 0) is 9.09 Å². The highest BCUT2D eigenvalue weighted by atomic mass is 31.2. The molecule has 0 rings (SSSR count). The summed E-state index contributed by atoms with van der Waals surface area (Å²) in [5.41, 5.74) is 0. The SMILES string of the molecule is CCN(N)CCOP(=O)(O)O. The largest absolute Gasteiger partial charge is 0.469 e. The van der Waals surface area contributed by atoms with Crippen molar-refractivity contribution in [2.45, 2.75) is 6.92 Å². The number of rotatable bonds is 5. The van der Waals surface area contributed by atoms with E-state index in [0.29, 0.717) is 13.1 Å². The van der Waals surface area contributed by atoms with Gasteiger partial charge < -0.3 is 9.79 Å². The molecule has 0 fully saturated rings. The summed E-state index contributed by atoms with van der Waals surface area (Å²) in [6.45, 7) is 2.69.